The quantitative estimate of drug-likeness (QED) is 0.897. The number of aryl methyl sites for hydroxylation is 1. The van der Waals surface area contributed by atoms with E-state index in [1.807, 2.05) is 31.2 Å². The second kappa shape index (κ2) is 5.74. The number of hydrogen-bond donors (Lipinski definition) is 2. The van der Waals surface area contributed by atoms with Crippen LogP contribution >= 0.6 is 0 Å². The van der Waals surface area contributed by atoms with E-state index in [0.717, 1.165) is 11.4 Å². The maximum absolute atomic E-state index is 12.2. The van der Waals surface area contributed by atoms with Crippen molar-refractivity contribution < 1.29 is 4.79 Å². The van der Waals surface area contributed by atoms with E-state index in [-0.39, 0.29) is 5.91 Å². The summed E-state index contributed by atoms with van der Waals surface area (Å²) in [6.07, 6.45) is 1.51. The zero-order chi connectivity index (χ0) is 14.7. The van der Waals surface area contributed by atoms with Crippen molar-refractivity contribution >= 4 is 17.3 Å². The van der Waals surface area contributed by atoms with Crippen molar-refractivity contribution in [2.24, 2.45) is 0 Å². The first-order valence-corrected chi connectivity index (χ1v) is 6.61. The molecular formula is C16H19N3O. The molecule has 0 spiro atoms. The van der Waals surface area contributed by atoms with Crippen LogP contribution in [-0.2, 0) is 0 Å². The lowest BCUT2D eigenvalue weighted by molar-refractivity contribution is 0.102. The number of benzene rings is 1. The van der Waals surface area contributed by atoms with E-state index in [9.17, 15) is 4.79 Å². The molecule has 2 aromatic rings. The van der Waals surface area contributed by atoms with Gasteiger partial charge in [0.2, 0.25) is 0 Å². The van der Waals surface area contributed by atoms with Crippen LogP contribution in [0.1, 0.15) is 41.4 Å². The number of carbonyl (C=O) groups excluding carboxylic acids is 1. The number of pyridine rings is 1. The minimum absolute atomic E-state index is 0.240. The van der Waals surface area contributed by atoms with Gasteiger partial charge in [0.1, 0.15) is 0 Å². The number of aromatic nitrogens is 1. The Morgan fingerprint density at radius 3 is 2.70 bits per heavy atom. The molecule has 0 saturated heterocycles. The summed E-state index contributed by atoms with van der Waals surface area (Å²) in [6.45, 7) is 6.07. The fraction of sp³-hybridized carbons (Fsp3) is 0.250. The number of nitrogen functional groups attached to an aromatic ring is 1. The van der Waals surface area contributed by atoms with Crippen LogP contribution in [0, 0.1) is 6.92 Å². The maximum Gasteiger partial charge on any atom is 0.259 e. The summed E-state index contributed by atoms with van der Waals surface area (Å²) in [5.74, 6) is 0.175. The topological polar surface area (TPSA) is 68.0 Å². The zero-order valence-electron chi connectivity index (χ0n) is 12.0. The number of hydrogen-bond acceptors (Lipinski definition) is 3. The number of anilines is 2. The van der Waals surface area contributed by atoms with Crippen LogP contribution in [0.4, 0.5) is 11.4 Å². The number of carbonyl (C=O) groups is 1. The lowest BCUT2D eigenvalue weighted by atomic mass is 10.0. The van der Waals surface area contributed by atoms with Crippen molar-refractivity contribution in [2.75, 3.05) is 11.1 Å². The Hall–Kier alpha value is -2.36. The van der Waals surface area contributed by atoms with Gasteiger partial charge in [0.05, 0.1) is 5.56 Å². The molecule has 0 fully saturated rings. The normalized spacial score (nSPS) is 10.6. The van der Waals surface area contributed by atoms with Gasteiger partial charge in [-0.25, -0.2) is 0 Å². The van der Waals surface area contributed by atoms with Crippen molar-refractivity contribution in [3.05, 3.63) is 53.3 Å². The average molecular weight is 269 g/mol. The summed E-state index contributed by atoms with van der Waals surface area (Å²) in [5.41, 5.74) is 9.42. The molecule has 3 N–H and O–H groups in total. The first-order valence-electron chi connectivity index (χ1n) is 6.61. The highest BCUT2D eigenvalue weighted by atomic mass is 16.1. The molecule has 0 unspecified atom stereocenters. The monoisotopic (exact) mass is 269 g/mol. The van der Waals surface area contributed by atoms with Gasteiger partial charge in [-0.05, 0) is 36.6 Å². The molecule has 1 aromatic heterocycles. The second-order valence-corrected chi connectivity index (χ2v) is 5.15. The molecular weight excluding hydrogens is 250 g/mol. The van der Waals surface area contributed by atoms with Crippen LogP contribution in [-0.4, -0.2) is 10.9 Å². The molecule has 0 aliphatic carbocycles. The fourth-order valence-electron chi connectivity index (χ4n) is 1.94. The van der Waals surface area contributed by atoms with Crippen molar-refractivity contribution in [3.8, 4) is 0 Å². The molecule has 1 heterocycles. The van der Waals surface area contributed by atoms with Crippen LogP contribution in [0.5, 0.6) is 0 Å². The SMILES string of the molecule is Cc1cc(N)c(C(=O)Nc2cccc(C(C)C)c2)cn1. The molecule has 0 atom stereocenters. The van der Waals surface area contributed by atoms with Crippen molar-refractivity contribution in [1.29, 1.82) is 0 Å². The highest BCUT2D eigenvalue weighted by Gasteiger charge is 2.11. The minimum atomic E-state index is -0.240. The smallest absolute Gasteiger partial charge is 0.259 e. The van der Waals surface area contributed by atoms with Gasteiger partial charge in [-0.15, -0.1) is 0 Å². The Kier molecular flexibility index (Phi) is 4.03. The van der Waals surface area contributed by atoms with Gasteiger partial charge < -0.3 is 11.1 Å². The van der Waals surface area contributed by atoms with E-state index >= 15 is 0 Å². The van der Waals surface area contributed by atoms with Gasteiger partial charge in [-0.2, -0.15) is 0 Å². The predicted octanol–water partition coefficient (Wildman–Crippen LogP) is 3.35. The molecule has 104 valence electrons. The third kappa shape index (κ3) is 3.15. The Bertz CT molecular complexity index is 635. The van der Waals surface area contributed by atoms with E-state index in [2.05, 4.69) is 24.1 Å². The molecule has 1 aromatic carbocycles. The number of rotatable bonds is 3. The Morgan fingerprint density at radius 1 is 1.30 bits per heavy atom. The van der Waals surface area contributed by atoms with E-state index in [1.165, 1.54) is 11.8 Å². The summed E-state index contributed by atoms with van der Waals surface area (Å²) in [6, 6.07) is 9.51. The molecule has 0 aliphatic heterocycles. The third-order valence-electron chi connectivity index (χ3n) is 3.13. The standard InChI is InChI=1S/C16H19N3O/c1-10(2)12-5-4-6-13(8-12)19-16(20)14-9-18-11(3)7-15(14)17/h4-10H,1-3H3,(H2,17,18)(H,19,20). The molecule has 0 bridgehead atoms. The van der Waals surface area contributed by atoms with Gasteiger partial charge in [0.15, 0.2) is 0 Å². The average Bonchev–Trinajstić information content (AvgIpc) is 2.38. The van der Waals surface area contributed by atoms with Gasteiger partial charge in [0.25, 0.3) is 5.91 Å². The molecule has 1 amide bonds. The predicted molar refractivity (Wildman–Crippen MR) is 81.9 cm³/mol. The Balaban J connectivity index is 2.21. The minimum Gasteiger partial charge on any atom is -0.398 e. The maximum atomic E-state index is 12.2. The molecule has 0 saturated carbocycles. The Morgan fingerprint density at radius 2 is 2.05 bits per heavy atom. The van der Waals surface area contributed by atoms with Crippen molar-refractivity contribution in [2.45, 2.75) is 26.7 Å². The lowest BCUT2D eigenvalue weighted by Crippen LogP contribution is -2.14. The summed E-state index contributed by atoms with van der Waals surface area (Å²) in [7, 11) is 0. The van der Waals surface area contributed by atoms with Crippen LogP contribution in [0.2, 0.25) is 0 Å². The van der Waals surface area contributed by atoms with E-state index < -0.39 is 0 Å². The summed E-state index contributed by atoms with van der Waals surface area (Å²) in [5, 5.41) is 2.85. The van der Waals surface area contributed by atoms with Crippen LogP contribution in [0.25, 0.3) is 0 Å². The molecule has 2 rings (SSSR count). The zero-order valence-corrected chi connectivity index (χ0v) is 12.0. The summed E-state index contributed by atoms with van der Waals surface area (Å²) < 4.78 is 0. The number of amides is 1. The number of nitrogens with two attached hydrogens (primary N) is 1. The van der Waals surface area contributed by atoms with E-state index in [0.29, 0.717) is 17.2 Å². The molecule has 4 heteroatoms. The molecule has 0 radical (unpaired) electrons. The van der Waals surface area contributed by atoms with E-state index in [1.54, 1.807) is 6.07 Å². The second-order valence-electron chi connectivity index (χ2n) is 5.15. The van der Waals surface area contributed by atoms with Crippen LogP contribution in [0.15, 0.2) is 36.5 Å². The summed E-state index contributed by atoms with van der Waals surface area (Å²) >= 11 is 0. The van der Waals surface area contributed by atoms with Crippen LogP contribution in [0.3, 0.4) is 0 Å². The lowest BCUT2D eigenvalue weighted by Gasteiger charge is -2.10. The summed E-state index contributed by atoms with van der Waals surface area (Å²) in [4.78, 5) is 16.3. The van der Waals surface area contributed by atoms with Gasteiger partial charge in [0, 0.05) is 23.3 Å². The van der Waals surface area contributed by atoms with Gasteiger partial charge >= 0.3 is 0 Å². The number of nitrogens with zero attached hydrogens (tertiary/aromatic N) is 1. The van der Waals surface area contributed by atoms with E-state index in [4.69, 9.17) is 5.73 Å². The third-order valence-corrected chi connectivity index (χ3v) is 3.13. The van der Waals surface area contributed by atoms with Crippen LogP contribution < -0.4 is 11.1 Å². The molecule has 4 nitrogen and oxygen atoms in total. The highest BCUT2D eigenvalue weighted by molar-refractivity contribution is 6.07. The Labute approximate surface area is 119 Å². The number of nitrogens with one attached hydrogen (secondary N) is 1. The molecule has 0 aliphatic rings. The molecule has 20 heavy (non-hydrogen) atoms. The van der Waals surface area contributed by atoms with Gasteiger partial charge in [-0.3, -0.25) is 9.78 Å². The van der Waals surface area contributed by atoms with Gasteiger partial charge in [-0.1, -0.05) is 26.0 Å². The highest BCUT2D eigenvalue weighted by Crippen LogP contribution is 2.20. The first-order chi connectivity index (χ1) is 9.47. The fourth-order valence-corrected chi connectivity index (χ4v) is 1.94. The largest absolute Gasteiger partial charge is 0.398 e. The van der Waals surface area contributed by atoms with Crippen molar-refractivity contribution in [3.63, 3.8) is 0 Å². The first kappa shape index (κ1) is 14.1. The van der Waals surface area contributed by atoms with Crippen molar-refractivity contribution in [1.82, 2.24) is 4.98 Å².